The number of benzene rings is 1. The minimum Gasteiger partial charge on any atom is -0.446 e. The molecule has 134 valence electrons. The summed E-state index contributed by atoms with van der Waals surface area (Å²) in [5.41, 5.74) is 0.675. The number of ether oxygens (including phenoxy) is 1. The molecule has 0 spiro atoms. The van der Waals surface area contributed by atoms with E-state index >= 15 is 0 Å². The number of carbonyl (C=O) groups is 2. The van der Waals surface area contributed by atoms with Crippen molar-refractivity contribution in [2.45, 2.75) is 25.5 Å². The van der Waals surface area contributed by atoms with Crippen LogP contribution in [0.3, 0.4) is 0 Å². The van der Waals surface area contributed by atoms with Crippen LogP contribution in [0.5, 0.6) is 0 Å². The molecule has 2 heterocycles. The topological polar surface area (TPSA) is 80.6 Å². The number of amides is 2. The highest BCUT2D eigenvalue weighted by Gasteiger charge is 2.25. The molecule has 7 nitrogen and oxygen atoms in total. The zero-order chi connectivity index (χ0) is 18.0. The SMILES string of the molecule is CNC(=O)OC1CCN(C(=O)Cn2c(=O)sc3ccc(Cl)cc32)CC1. The van der Waals surface area contributed by atoms with E-state index in [2.05, 4.69) is 5.32 Å². The maximum absolute atomic E-state index is 12.5. The van der Waals surface area contributed by atoms with Gasteiger partial charge in [0.05, 0.1) is 10.2 Å². The summed E-state index contributed by atoms with van der Waals surface area (Å²) in [6.45, 7) is 0.982. The van der Waals surface area contributed by atoms with Crippen LogP contribution in [0.2, 0.25) is 5.02 Å². The molecule has 1 aromatic carbocycles. The summed E-state index contributed by atoms with van der Waals surface area (Å²) in [6, 6.07) is 5.21. The van der Waals surface area contributed by atoms with E-state index < -0.39 is 6.09 Å². The van der Waals surface area contributed by atoms with Gasteiger partial charge in [-0.25, -0.2) is 4.79 Å². The molecule has 2 amide bonds. The van der Waals surface area contributed by atoms with E-state index in [1.54, 1.807) is 23.1 Å². The fourth-order valence-electron chi connectivity index (χ4n) is 2.85. The number of nitrogens with zero attached hydrogens (tertiary/aromatic N) is 2. The van der Waals surface area contributed by atoms with Crippen LogP contribution >= 0.6 is 22.9 Å². The zero-order valence-corrected chi connectivity index (χ0v) is 15.2. The number of nitrogens with one attached hydrogen (secondary N) is 1. The molecule has 1 aromatic heterocycles. The minimum absolute atomic E-state index is 0.0137. The number of alkyl carbamates (subject to hydrolysis) is 1. The van der Waals surface area contributed by atoms with Crippen molar-refractivity contribution in [3.8, 4) is 0 Å². The molecule has 1 N–H and O–H groups in total. The zero-order valence-electron chi connectivity index (χ0n) is 13.7. The molecule has 0 bridgehead atoms. The van der Waals surface area contributed by atoms with Crippen LogP contribution in [0.15, 0.2) is 23.0 Å². The molecule has 25 heavy (non-hydrogen) atoms. The summed E-state index contributed by atoms with van der Waals surface area (Å²) >= 11 is 7.10. The van der Waals surface area contributed by atoms with Gasteiger partial charge in [-0.3, -0.25) is 14.2 Å². The van der Waals surface area contributed by atoms with Gasteiger partial charge in [-0.15, -0.1) is 0 Å². The molecule has 3 rings (SSSR count). The second-order valence-electron chi connectivity index (χ2n) is 5.80. The molecule has 9 heteroatoms. The van der Waals surface area contributed by atoms with Crippen LogP contribution in [0.25, 0.3) is 10.2 Å². The summed E-state index contributed by atoms with van der Waals surface area (Å²) in [7, 11) is 1.51. The maximum atomic E-state index is 12.5. The molecule has 0 radical (unpaired) electrons. The van der Waals surface area contributed by atoms with Gasteiger partial charge in [0.25, 0.3) is 0 Å². The third-order valence-electron chi connectivity index (χ3n) is 4.20. The number of fused-ring (bicyclic) bond motifs is 1. The molecule has 1 saturated heterocycles. The van der Waals surface area contributed by atoms with Crippen molar-refractivity contribution in [3.63, 3.8) is 0 Å². The van der Waals surface area contributed by atoms with Gasteiger partial charge < -0.3 is 15.0 Å². The first-order valence-electron chi connectivity index (χ1n) is 7.93. The molecular weight excluding hydrogens is 366 g/mol. The Bertz CT molecular complexity index is 855. The third kappa shape index (κ3) is 3.96. The largest absolute Gasteiger partial charge is 0.446 e. The predicted molar refractivity (Wildman–Crippen MR) is 96.2 cm³/mol. The summed E-state index contributed by atoms with van der Waals surface area (Å²) in [5, 5.41) is 2.94. The summed E-state index contributed by atoms with van der Waals surface area (Å²) in [4.78, 5) is 37.5. The van der Waals surface area contributed by atoms with Crippen LogP contribution in [-0.4, -0.2) is 47.7 Å². The smallest absolute Gasteiger partial charge is 0.407 e. The third-order valence-corrected chi connectivity index (χ3v) is 5.39. The first-order valence-corrected chi connectivity index (χ1v) is 9.12. The summed E-state index contributed by atoms with van der Waals surface area (Å²) in [5.74, 6) is -0.125. The van der Waals surface area contributed by atoms with Crippen molar-refractivity contribution >= 4 is 45.2 Å². The lowest BCUT2D eigenvalue weighted by Gasteiger charge is -2.31. The molecule has 0 atom stereocenters. The number of hydrogen-bond acceptors (Lipinski definition) is 5. The second kappa shape index (κ2) is 7.45. The Morgan fingerprint density at radius 1 is 1.36 bits per heavy atom. The van der Waals surface area contributed by atoms with Gasteiger partial charge in [0.2, 0.25) is 5.91 Å². The first-order chi connectivity index (χ1) is 12.0. The van der Waals surface area contributed by atoms with Crippen molar-refractivity contribution < 1.29 is 14.3 Å². The van der Waals surface area contributed by atoms with Crippen molar-refractivity contribution in [1.82, 2.24) is 14.8 Å². The fraction of sp³-hybridized carbons (Fsp3) is 0.438. The van der Waals surface area contributed by atoms with Gasteiger partial charge >= 0.3 is 11.0 Å². The van der Waals surface area contributed by atoms with E-state index in [4.69, 9.17) is 16.3 Å². The van der Waals surface area contributed by atoms with Gasteiger partial charge in [0.15, 0.2) is 0 Å². The highest BCUT2D eigenvalue weighted by Crippen LogP contribution is 2.22. The molecule has 1 aliphatic heterocycles. The van der Waals surface area contributed by atoms with Crippen LogP contribution in [-0.2, 0) is 16.1 Å². The number of carbonyl (C=O) groups excluding carboxylic acids is 2. The van der Waals surface area contributed by atoms with Crippen molar-refractivity contribution in [3.05, 3.63) is 32.9 Å². The second-order valence-corrected chi connectivity index (χ2v) is 7.23. The number of piperidine rings is 1. The lowest BCUT2D eigenvalue weighted by Crippen LogP contribution is -2.44. The normalized spacial score (nSPS) is 15.4. The lowest BCUT2D eigenvalue weighted by molar-refractivity contribution is -0.133. The molecular formula is C16H18ClN3O4S. The maximum Gasteiger partial charge on any atom is 0.407 e. The lowest BCUT2D eigenvalue weighted by atomic mass is 10.1. The van der Waals surface area contributed by atoms with Gasteiger partial charge in [-0.05, 0) is 18.2 Å². The monoisotopic (exact) mass is 383 g/mol. The Morgan fingerprint density at radius 2 is 2.08 bits per heavy atom. The highest BCUT2D eigenvalue weighted by molar-refractivity contribution is 7.16. The van der Waals surface area contributed by atoms with E-state index in [9.17, 15) is 14.4 Å². The number of aromatic nitrogens is 1. The Labute approximate surface area is 153 Å². The summed E-state index contributed by atoms with van der Waals surface area (Å²) in [6.07, 6.45) is 0.527. The fourth-order valence-corrected chi connectivity index (χ4v) is 3.89. The minimum atomic E-state index is -0.460. The summed E-state index contributed by atoms with van der Waals surface area (Å²) < 4.78 is 7.47. The van der Waals surface area contributed by atoms with Crippen LogP contribution in [0, 0.1) is 0 Å². The van der Waals surface area contributed by atoms with E-state index in [1.165, 1.54) is 11.6 Å². The Balaban J connectivity index is 1.66. The van der Waals surface area contributed by atoms with Gasteiger partial charge in [-0.2, -0.15) is 0 Å². The number of thiazole rings is 1. The van der Waals surface area contributed by atoms with Crippen LogP contribution in [0.1, 0.15) is 12.8 Å². The van der Waals surface area contributed by atoms with Gasteiger partial charge in [0.1, 0.15) is 12.6 Å². The van der Waals surface area contributed by atoms with Crippen LogP contribution in [0.4, 0.5) is 4.79 Å². The Kier molecular flexibility index (Phi) is 5.29. The molecule has 1 fully saturated rings. The molecule has 0 unspecified atom stereocenters. The van der Waals surface area contributed by atoms with Crippen molar-refractivity contribution in [1.29, 1.82) is 0 Å². The van der Waals surface area contributed by atoms with Crippen LogP contribution < -0.4 is 10.2 Å². The number of hydrogen-bond donors (Lipinski definition) is 1. The van der Waals surface area contributed by atoms with Gasteiger partial charge in [0, 0.05) is 38.0 Å². The number of halogens is 1. The quantitative estimate of drug-likeness (QED) is 0.879. The Hall–Kier alpha value is -2.06. The molecule has 0 saturated carbocycles. The number of likely N-dealkylation sites (tertiary alicyclic amines) is 1. The van der Waals surface area contributed by atoms with E-state index in [1.807, 2.05) is 0 Å². The average molecular weight is 384 g/mol. The van der Waals surface area contributed by atoms with Crippen molar-refractivity contribution in [2.24, 2.45) is 0 Å². The molecule has 2 aromatic rings. The predicted octanol–water partition coefficient (Wildman–Crippen LogP) is 2.06. The van der Waals surface area contributed by atoms with E-state index in [0.717, 1.165) is 16.0 Å². The molecule has 0 aliphatic carbocycles. The van der Waals surface area contributed by atoms with Crippen molar-refractivity contribution in [2.75, 3.05) is 20.1 Å². The number of rotatable bonds is 3. The van der Waals surface area contributed by atoms with E-state index in [0.29, 0.717) is 36.5 Å². The highest BCUT2D eigenvalue weighted by atomic mass is 35.5. The van der Waals surface area contributed by atoms with E-state index in [-0.39, 0.29) is 23.4 Å². The first kappa shape index (κ1) is 17.8. The average Bonchev–Trinajstić information content (AvgIpc) is 2.90. The molecule has 1 aliphatic rings. The standard InChI is InChI=1S/C16H18ClN3O4S/c1-18-15(22)24-11-4-6-19(7-5-11)14(21)9-20-12-8-10(17)2-3-13(12)25-16(20)23/h2-3,8,11H,4-7,9H2,1H3,(H,18,22). The Morgan fingerprint density at radius 3 is 2.76 bits per heavy atom. The van der Waals surface area contributed by atoms with Gasteiger partial charge in [-0.1, -0.05) is 22.9 Å².